The molecule has 1 aromatic carbocycles. The van der Waals surface area contributed by atoms with Crippen LogP contribution in [0.15, 0.2) is 42.6 Å². The summed E-state index contributed by atoms with van der Waals surface area (Å²) in [5, 5.41) is 21.8. The van der Waals surface area contributed by atoms with Crippen LogP contribution in [0.5, 0.6) is 0 Å². The first kappa shape index (κ1) is 14.1. The fourth-order valence-corrected chi connectivity index (χ4v) is 1.55. The number of non-ortho nitro benzene ring substituents is 1. The van der Waals surface area contributed by atoms with E-state index in [9.17, 15) is 19.7 Å². The number of carboxylic acid groups (broad SMARTS) is 1. The summed E-state index contributed by atoms with van der Waals surface area (Å²) in [5.41, 5.74) is 0.0636. The van der Waals surface area contributed by atoms with E-state index in [1.807, 2.05) is 0 Å². The number of rotatable bonds is 4. The molecule has 1 heterocycles. The predicted molar refractivity (Wildman–Crippen MR) is 72.2 cm³/mol. The van der Waals surface area contributed by atoms with Gasteiger partial charge in [-0.3, -0.25) is 19.9 Å². The zero-order chi connectivity index (χ0) is 15.4. The van der Waals surface area contributed by atoms with Gasteiger partial charge in [-0.1, -0.05) is 6.07 Å². The number of benzene rings is 1. The summed E-state index contributed by atoms with van der Waals surface area (Å²) in [4.78, 5) is 36.3. The van der Waals surface area contributed by atoms with Crippen LogP contribution >= 0.6 is 0 Å². The third-order valence-electron chi connectivity index (χ3n) is 2.56. The fraction of sp³-hybridized carbons (Fsp3) is 0. The molecule has 0 aliphatic carbocycles. The smallest absolute Gasteiger partial charge is 0.337 e. The number of carbonyl (C=O) groups excluding carboxylic acids is 1. The van der Waals surface area contributed by atoms with Gasteiger partial charge in [-0.05, 0) is 18.2 Å². The first-order chi connectivity index (χ1) is 9.97. The summed E-state index contributed by atoms with van der Waals surface area (Å²) in [6.07, 6.45) is 1.06. The van der Waals surface area contributed by atoms with E-state index in [4.69, 9.17) is 5.11 Å². The molecule has 0 bridgehead atoms. The van der Waals surface area contributed by atoms with Gasteiger partial charge in [-0.2, -0.15) is 0 Å². The molecule has 0 fully saturated rings. The molecule has 0 aliphatic rings. The second-order valence-electron chi connectivity index (χ2n) is 4.00. The first-order valence-electron chi connectivity index (χ1n) is 5.72. The maximum Gasteiger partial charge on any atom is 0.337 e. The molecular weight excluding hydrogens is 278 g/mol. The molecule has 0 radical (unpaired) electrons. The Morgan fingerprint density at radius 3 is 2.57 bits per heavy atom. The Morgan fingerprint density at radius 2 is 2.00 bits per heavy atom. The van der Waals surface area contributed by atoms with Crippen molar-refractivity contribution >= 4 is 23.3 Å². The lowest BCUT2D eigenvalue weighted by Crippen LogP contribution is -2.14. The van der Waals surface area contributed by atoms with Crippen molar-refractivity contribution in [3.05, 3.63) is 64.0 Å². The first-order valence-corrected chi connectivity index (χ1v) is 5.72. The quantitative estimate of drug-likeness (QED) is 0.654. The molecule has 0 saturated carbocycles. The van der Waals surface area contributed by atoms with Crippen molar-refractivity contribution in [2.45, 2.75) is 0 Å². The third-order valence-corrected chi connectivity index (χ3v) is 2.56. The number of nitrogens with one attached hydrogen (secondary N) is 1. The van der Waals surface area contributed by atoms with Gasteiger partial charge in [0.2, 0.25) is 0 Å². The molecule has 2 rings (SSSR count). The van der Waals surface area contributed by atoms with E-state index < -0.39 is 16.8 Å². The normalized spacial score (nSPS) is 9.90. The zero-order valence-corrected chi connectivity index (χ0v) is 10.5. The van der Waals surface area contributed by atoms with Crippen molar-refractivity contribution in [3.8, 4) is 0 Å². The summed E-state index contributed by atoms with van der Waals surface area (Å²) in [6.45, 7) is 0. The van der Waals surface area contributed by atoms with Gasteiger partial charge in [0.05, 0.1) is 10.5 Å². The van der Waals surface area contributed by atoms with Crippen LogP contribution in [0.4, 0.5) is 11.4 Å². The number of hydrogen-bond acceptors (Lipinski definition) is 5. The molecule has 0 unspecified atom stereocenters. The van der Waals surface area contributed by atoms with Gasteiger partial charge in [-0.15, -0.1) is 0 Å². The van der Waals surface area contributed by atoms with Crippen LogP contribution in [0.1, 0.15) is 20.8 Å². The number of amides is 1. The van der Waals surface area contributed by atoms with Crippen LogP contribution < -0.4 is 5.32 Å². The van der Waals surface area contributed by atoms with E-state index in [1.165, 1.54) is 36.4 Å². The summed E-state index contributed by atoms with van der Waals surface area (Å²) < 4.78 is 0. The van der Waals surface area contributed by atoms with Crippen LogP contribution in [0.2, 0.25) is 0 Å². The molecule has 21 heavy (non-hydrogen) atoms. The Bertz CT molecular complexity index is 712. The molecule has 106 valence electrons. The molecule has 1 amide bonds. The molecule has 0 saturated heterocycles. The number of aromatic carboxylic acids is 1. The average Bonchev–Trinajstić information content (AvgIpc) is 2.47. The van der Waals surface area contributed by atoms with Crippen molar-refractivity contribution in [1.82, 2.24) is 4.98 Å². The number of carbonyl (C=O) groups is 2. The van der Waals surface area contributed by atoms with Gasteiger partial charge in [0.15, 0.2) is 0 Å². The minimum Gasteiger partial charge on any atom is -0.478 e. The summed E-state index contributed by atoms with van der Waals surface area (Å²) in [6, 6.07) is 7.96. The van der Waals surface area contributed by atoms with Gasteiger partial charge < -0.3 is 10.4 Å². The maximum atomic E-state index is 11.9. The highest BCUT2D eigenvalue weighted by molar-refractivity contribution is 6.03. The molecular formula is C13H9N3O5. The lowest BCUT2D eigenvalue weighted by atomic mass is 10.2. The molecule has 1 aromatic heterocycles. The number of aromatic nitrogens is 1. The number of nitro groups is 1. The van der Waals surface area contributed by atoms with Crippen LogP contribution in [0, 0.1) is 10.1 Å². The highest BCUT2D eigenvalue weighted by atomic mass is 16.6. The highest BCUT2D eigenvalue weighted by Crippen LogP contribution is 2.17. The Morgan fingerprint density at radius 1 is 1.24 bits per heavy atom. The highest BCUT2D eigenvalue weighted by Gasteiger charge is 2.11. The van der Waals surface area contributed by atoms with Crippen LogP contribution in [-0.2, 0) is 0 Å². The number of carboxylic acids is 1. The Balaban J connectivity index is 2.16. The van der Waals surface area contributed by atoms with Crippen LogP contribution in [-0.4, -0.2) is 26.9 Å². The lowest BCUT2D eigenvalue weighted by molar-refractivity contribution is -0.384. The average molecular weight is 287 g/mol. The van der Waals surface area contributed by atoms with Gasteiger partial charge in [-0.25, -0.2) is 4.79 Å². The van der Waals surface area contributed by atoms with E-state index >= 15 is 0 Å². The standard InChI is InChI=1S/C13H9N3O5/c17-12(11-5-4-8(7-14-11)13(18)19)15-9-2-1-3-10(6-9)16(20)21/h1-7H,(H,15,17)(H,18,19). The van der Waals surface area contributed by atoms with Crippen LogP contribution in [0.25, 0.3) is 0 Å². The van der Waals surface area contributed by atoms with Crippen molar-refractivity contribution < 1.29 is 19.6 Å². The summed E-state index contributed by atoms with van der Waals surface area (Å²) in [7, 11) is 0. The van der Waals surface area contributed by atoms with Crippen molar-refractivity contribution in [2.75, 3.05) is 5.32 Å². The van der Waals surface area contributed by atoms with Crippen molar-refractivity contribution in [1.29, 1.82) is 0 Å². The van der Waals surface area contributed by atoms with E-state index in [1.54, 1.807) is 0 Å². The second-order valence-corrected chi connectivity index (χ2v) is 4.00. The van der Waals surface area contributed by atoms with Gasteiger partial charge in [0, 0.05) is 24.0 Å². The summed E-state index contributed by atoms with van der Waals surface area (Å²) >= 11 is 0. The molecule has 2 aromatic rings. The fourth-order valence-electron chi connectivity index (χ4n) is 1.55. The second kappa shape index (κ2) is 5.78. The molecule has 2 N–H and O–H groups in total. The Kier molecular flexibility index (Phi) is 3.89. The Hall–Kier alpha value is -3.29. The SMILES string of the molecule is O=C(O)c1ccc(C(=O)Nc2cccc([N+](=O)[O-])c2)nc1. The number of anilines is 1. The maximum absolute atomic E-state index is 11.9. The monoisotopic (exact) mass is 287 g/mol. The largest absolute Gasteiger partial charge is 0.478 e. The zero-order valence-electron chi connectivity index (χ0n) is 10.5. The minimum absolute atomic E-state index is 0.00602. The molecule has 8 nitrogen and oxygen atoms in total. The van der Waals surface area contributed by atoms with Gasteiger partial charge >= 0.3 is 5.97 Å². The van der Waals surface area contributed by atoms with Crippen molar-refractivity contribution in [2.24, 2.45) is 0 Å². The third kappa shape index (κ3) is 3.38. The van der Waals surface area contributed by atoms with E-state index in [-0.39, 0.29) is 22.6 Å². The number of hydrogen-bond donors (Lipinski definition) is 2. The Labute approximate surface area is 118 Å². The van der Waals surface area contributed by atoms with Gasteiger partial charge in [0.25, 0.3) is 11.6 Å². The number of pyridine rings is 1. The van der Waals surface area contributed by atoms with E-state index in [2.05, 4.69) is 10.3 Å². The predicted octanol–water partition coefficient (Wildman–Crippen LogP) is 1.94. The molecule has 0 atom stereocenters. The van der Waals surface area contributed by atoms with E-state index in [0.29, 0.717) is 0 Å². The lowest BCUT2D eigenvalue weighted by Gasteiger charge is -2.04. The minimum atomic E-state index is -1.15. The van der Waals surface area contributed by atoms with Crippen LogP contribution in [0.3, 0.4) is 0 Å². The topological polar surface area (TPSA) is 122 Å². The van der Waals surface area contributed by atoms with Gasteiger partial charge in [0.1, 0.15) is 5.69 Å². The number of nitro benzene ring substituents is 1. The molecule has 8 heteroatoms. The number of nitrogens with zero attached hydrogens (tertiary/aromatic N) is 2. The molecule has 0 spiro atoms. The molecule has 0 aliphatic heterocycles. The summed E-state index contributed by atoms with van der Waals surface area (Å²) in [5.74, 6) is -1.74. The van der Waals surface area contributed by atoms with Crippen molar-refractivity contribution in [3.63, 3.8) is 0 Å². The van der Waals surface area contributed by atoms with E-state index in [0.717, 1.165) is 6.20 Å².